The minimum absolute atomic E-state index is 0.0543. The molecule has 0 bridgehead atoms. The molecule has 0 unspecified atom stereocenters. The third kappa shape index (κ3) is 3.30. The number of hydrogen-bond donors (Lipinski definition) is 1. The quantitative estimate of drug-likeness (QED) is 0.862. The van der Waals surface area contributed by atoms with Gasteiger partial charge in [-0.05, 0) is 17.7 Å². The first kappa shape index (κ1) is 14.0. The molecule has 1 aromatic carbocycles. The van der Waals surface area contributed by atoms with Crippen molar-refractivity contribution in [3.63, 3.8) is 0 Å². The summed E-state index contributed by atoms with van der Waals surface area (Å²) in [5, 5.41) is 0. The van der Waals surface area contributed by atoms with Crippen LogP contribution in [-0.2, 0) is 17.6 Å². The summed E-state index contributed by atoms with van der Waals surface area (Å²) in [5.74, 6) is 0.462. The SMILES string of the molecule is CONCc1cc2c(cc1C(F)(F)F)OCCCO2. The van der Waals surface area contributed by atoms with E-state index in [-0.39, 0.29) is 17.9 Å². The van der Waals surface area contributed by atoms with Crippen molar-refractivity contribution < 1.29 is 27.5 Å². The molecule has 19 heavy (non-hydrogen) atoms. The average Bonchev–Trinajstić information content (AvgIpc) is 2.58. The summed E-state index contributed by atoms with van der Waals surface area (Å²) in [6, 6.07) is 2.32. The molecule has 0 radical (unpaired) electrons. The Kier molecular flexibility index (Phi) is 4.16. The van der Waals surface area contributed by atoms with Gasteiger partial charge < -0.3 is 14.3 Å². The van der Waals surface area contributed by atoms with Gasteiger partial charge in [0, 0.05) is 13.0 Å². The molecule has 0 saturated heterocycles. The highest BCUT2D eigenvalue weighted by atomic mass is 19.4. The minimum Gasteiger partial charge on any atom is -0.490 e. The number of fused-ring (bicyclic) bond motifs is 1. The molecular weight excluding hydrogens is 263 g/mol. The van der Waals surface area contributed by atoms with E-state index in [1.807, 2.05) is 0 Å². The van der Waals surface area contributed by atoms with Gasteiger partial charge in [0.2, 0.25) is 0 Å². The lowest BCUT2D eigenvalue weighted by Crippen LogP contribution is -2.17. The topological polar surface area (TPSA) is 39.7 Å². The number of ether oxygens (including phenoxy) is 2. The van der Waals surface area contributed by atoms with Gasteiger partial charge in [0.25, 0.3) is 0 Å². The number of alkyl halides is 3. The number of benzene rings is 1. The maximum atomic E-state index is 13.0. The first-order chi connectivity index (χ1) is 9.02. The van der Waals surface area contributed by atoms with E-state index in [1.165, 1.54) is 13.2 Å². The maximum absolute atomic E-state index is 13.0. The van der Waals surface area contributed by atoms with Crippen LogP contribution in [0.15, 0.2) is 12.1 Å². The van der Waals surface area contributed by atoms with E-state index in [0.29, 0.717) is 25.4 Å². The van der Waals surface area contributed by atoms with Gasteiger partial charge in [-0.25, -0.2) is 0 Å². The van der Waals surface area contributed by atoms with Crippen LogP contribution >= 0.6 is 0 Å². The molecule has 1 aliphatic heterocycles. The van der Waals surface area contributed by atoms with Crippen LogP contribution in [0.3, 0.4) is 0 Å². The monoisotopic (exact) mass is 277 g/mol. The molecule has 1 aromatic rings. The molecule has 1 heterocycles. The zero-order valence-electron chi connectivity index (χ0n) is 10.3. The van der Waals surface area contributed by atoms with Crippen LogP contribution in [-0.4, -0.2) is 20.3 Å². The number of hydroxylamine groups is 1. The summed E-state index contributed by atoms with van der Waals surface area (Å²) < 4.78 is 49.6. The summed E-state index contributed by atoms with van der Waals surface area (Å²) in [6.45, 7) is 0.706. The van der Waals surface area contributed by atoms with Crippen LogP contribution in [0, 0.1) is 0 Å². The predicted octanol–water partition coefficient (Wildman–Crippen LogP) is 2.52. The van der Waals surface area contributed by atoms with Crippen LogP contribution in [0.2, 0.25) is 0 Å². The van der Waals surface area contributed by atoms with Crippen LogP contribution in [0.1, 0.15) is 17.5 Å². The highest BCUT2D eigenvalue weighted by molar-refractivity contribution is 5.48. The molecule has 0 spiro atoms. The Balaban J connectivity index is 2.41. The van der Waals surface area contributed by atoms with Gasteiger partial charge in [0.05, 0.1) is 25.9 Å². The van der Waals surface area contributed by atoms with Crippen LogP contribution < -0.4 is 15.0 Å². The van der Waals surface area contributed by atoms with Crippen molar-refractivity contribution in [3.8, 4) is 11.5 Å². The average molecular weight is 277 g/mol. The predicted molar refractivity (Wildman–Crippen MR) is 60.9 cm³/mol. The molecule has 1 N–H and O–H groups in total. The van der Waals surface area contributed by atoms with Crippen molar-refractivity contribution in [1.82, 2.24) is 5.48 Å². The Morgan fingerprint density at radius 2 is 1.84 bits per heavy atom. The summed E-state index contributed by atoms with van der Waals surface area (Å²) in [6.07, 6.45) is -3.81. The van der Waals surface area contributed by atoms with E-state index in [9.17, 15) is 13.2 Å². The second-order valence-corrected chi connectivity index (χ2v) is 4.03. The third-order valence-electron chi connectivity index (χ3n) is 2.69. The highest BCUT2D eigenvalue weighted by Gasteiger charge is 2.35. The van der Waals surface area contributed by atoms with E-state index in [0.717, 1.165) is 6.07 Å². The number of rotatable bonds is 3. The Hall–Kier alpha value is -1.47. The normalized spacial score (nSPS) is 15.2. The van der Waals surface area contributed by atoms with Gasteiger partial charge in [-0.1, -0.05) is 0 Å². The van der Waals surface area contributed by atoms with Crippen molar-refractivity contribution in [1.29, 1.82) is 0 Å². The molecule has 0 fully saturated rings. The molecule has 2 rings (SSSR count). The van der Waals surface area contributed by atoms with Crippen molar-refractivity contribution in [2.24, 2.45) is 0 Å². The number of nitrogens with one attached hydrogen (secondary N) is 1. The third-order valence-corrected chi connectivity index (χ3v) is 2.69. The molecule has 0 aromatic heterocycles. The Labute approximate surface area is 108 Å². The first-order valence-electron chi connectivity index (χ1n) is 5.78. The zero-order valence-corrected chi connectivity index (χ0v) is 10.3. The summed E-state index contributed by atoms with van der Waals surface area (Å²) in [7, 11) is 1.34. The molecule has 0 atom stereocenters. The molecule has 0 aliphatic carbocycles. The molecule has 4 nitrogen and oxygen atoms in total. The van der Waals surface area contributed by atoms with Gasteiger partial charge in [-0.15, -0.1) is 0 Å². The zero-order chi connectivity index (χ0) is 13.9. The standard InChI is InChI=1S/C12H14F3NO3/c1-17-16-7-8-5-10-11(19-4-2-3-18-10)6-9(8)12(13,14)15/h5-6,16H,2-4,7H2,1H3. The lowest BCUT2D eigenvalue weighted by Gasteiger charge is -2.16. The van der Waals surface area contributed by atoms with Gasteiger partial charge in [-0.3, -0.25) is 0 Å². The van der Waals surface area contributed by atoms with Crippen molar-refractivity contribution in [2.75, 3.05) is 20.3 Å². The van der Waals surface area contributed by atoms with Crippen molar-refractivity contribution in [3.05, 3.63) is 23.3 Å². The van der Waals surface area contributed by atoms with Gasteiger partial charge in [0.15, 0.2) is 11.5 Å². The Morgan fingerprint density at radius 1 is 1.21 bits per heavy atom. The summed E-state index contributed by atoms with van der Waals surface area (Å²) >= 11 is 0. The lowest BCUT2D eigenvalue weighted by molar-refractivity contribution is -0.138. The van der Waals surface area contributed by atoms with E-state index in [2.05, 4.69) is 10.3 Å². The second kappa shape index (κ2) is 5.66. The van der Waals surface area contributed by atoms with Gasteiger partial charge >= 0.3 is 6.18 Å². The fourth-order valence-corrected chi connectivity index (χ4v) is 1.81. The highest BCUT2D eigenvalue weighted by Crippen LogP contribution is 2.40. The van der Waals surface area contributed by atoms with Crippen LogP contribution in [0.5, 0.6) is 11.5 Å². The number of hydrogen-bond acceptors (Lipinski definition) is 4. The molecule has 0 saturated carbocycles. The fourth-order valence-electron chi connectivity index (χ4n) is 1.81. The second-order valence-electron chi connectivity index (χ2n) is 4.03. The number of halogens is 3. The van der Waals surface area contributed by atoms with E-state index in [1.54, 1.807) is 0 Å². The van der Waals surface area contributed by atoms with Gasteiger partial charge in [-0.2, -0.15) is 18.7 Å². The fraction of sp³-hybridized carbons (Fsp3) is 0.500. The molecule has 0 amide bonds. The summed E-state index contributed by atoms with van der Waals surface area (Å²) in [5.41, 5.74) is 1.71. The maximum Gasteiger partial charge on any atom is 0.416 e. The van der Waals surface area contributed by atoms with E-state index < -0.39 is 11.7 Å². The van der Waals surface area contributed by atoms with Crippen LogP contribution in [0.25, 0.3) is 0 Å². The molecule has 1 aliphatic rings. The molecule has 7 heteroatoms. The smallest absolute Gasteiger partial charge is 0.416 e. The first-order valence-corrected chi connectivity index (χ1v) is 5.78. The van der Waals surface area contributed by atoms with Crippen molar-refractivity contribution >= 4 is 0 Å². The van der Waals surface area contributed by atoms with Gasteiger partial charge in [0.1, 0.15) is 0 Å². The minimum atomic E-state index is -4.45. The van der Waals surface area contributed by atoms with E-state index in [4.69, 9.17) is 9.47 Å². The largest absolute Gasteiger partial charge is 0.490 e. The van der Waals surface area contributed by atoms with E-state index >= 15 is 0 Å². The Bertz CT molecular complexity index is 449. The molecule has 106 valence electrons. The molecular formula is C12H14F3NO3. The summed E-state index contributed by atoms with van der Waals surface area (Å²) in [4.78, 5) is 4.59. The Morgan fingerprint density at radius 3 is 2.42 bits per heavy atom. The van der Waals surface area contributed by atoms with Crippen molar-refractivity contribution in [2.45, 2.75) is 19.1 Å². The van der Waals surface area contributed by atoms with Crippen LogP contribution in [0.4, 0.5) is 13.2 Å². The lowest BCUT2D eigenvalue weighted by atomic mass is 10.1.